The molecule has 10 nitrogen and oxygen atoms in total. The van der Waals surface area contributed by atoms with Crippen molar-refractivity contribution >= 4 is 28.5 Å². The molecule has 0 spiro atoms. The highest BCUT2D eigenvalue weighted by Gasteiger charge is 2.36. The number of non-ortho nitro benzene ring substituents is 2. The topological polar surface area (TPSA) is 142 Å². The first-order valence-corrected chi connectivity index (χ1v) is 8.99. The van der Waals surface area contributed by atoms with E-state index in [1.54, 1.807) is 0 Å². The minimum Gasteiger partial charge on any atom is -0.258 e. The molecule has 0 heterocycles. The highest BCUT2D eigenvalue weighted by atomic mass is 19.4. The van der Waals surface area contributed by atoms with Gasteiger partial charge in [-0.3, -0.25) is 30.3 Å². The quantitative estimate of drug-likeness (QED) is 0.289. The Morgan fingerprint density at radius 2 is 1.30 bits per heavy atom. The summed E-state index contributed by atoms with van der Waals surface area (Å²) >= 11 is 0. The summed E-state index contributed by atoms with van der Waals surface area (Å²) in [5.41, 5.74) is -2.36. The van der Waals surface area contributed by atoms with Gasteiger partial charge in [-0.15, -0.1) is 0 Å². The van der Waals surface area contributed by atoms with Crippen molar-refractivity contribution in [3.8, 4) is 11.1 Å². The Morgan fingerprint density at radius 3 is 1.85 bits per heavy atom. The highest BCUT2D eigenvalue weighted by molar-refractivity contribution is 6.27. The lowest BCUT2D eigenvalue weighted by molar-refractivity contribution is -0.393. The van der Waals surface area contributed by atoms with Crippen LogP contribution in [0.5, 0.6) is 0 Å². The van der Waals surface area contributed by atoms with E-state index < -0.39 is 37.9 Å². The molecule has 0 atom stereocenters. The van der Waals surface area contributed by atoms with Crippen LogP contribution in [-0.4, -0.2) is 20.5 Å². The fourth-order valence-corrected chi connectivity index (χ4v) is 3.51. The van der Waals surface area contributed by atoms with E-state index in [4.69, 9.17) is 0 Å². The number of hydrogen-bond donors (Lipinski definition) is 0. The molecule has 0 fully saturated rings. The van der Waals surface area contributed by atoms with Gasteiger partial charge in [-0.1, -0.05) is 0 Å². The maximum atomic E-state index is 12.9. The molecule has 3 aromatic rings. The number of rotatable bonds is 4. The van der Waals surface area contributed by atoms with Crippen LogP contribution in [-0.2, 0) is 6.18 Å². The summed E-state index contributed by atoms with van der Waals surface area (Å²) in [5.74, 6) is 0. The zero-order chi connectivity index (χ0) is 24.1. The Labute approximate surface area is 181 Å². The van der Waals surface area contributed by atoms with Crippen LogP contribution in [0, 0.1) is 30.3 Å². The Kier molecular flexibility index (Phi) is 4.88. The SMILES string of the molecule is O=[N+]([O-])c1ccc2c(c1)C(=Nc1ccc(C(F)(F)F)cc1)c1cc([N+](=O)[O-])cc([N+](=O)[O-])c1-2. The van der Waals surface area contributed by atoms with E-state index in [1.165, 1.54) is 6.07 Å². The van der Waals surface area contributed by atoms with Crippen LogP contribution < -0.4 is 0 Å². The predicted octanol–water partition coefficient (Wildman–Crippen LogP) is 5.58. The number of alkyl halides is 3. The fourth-order valence-electron chi connectivity index (χ4n) is 3.51. The van der Waals surface area contributed by atoms with Crippen molar-refractivity contribution in [2.24, 2.45) is 4.99 Å². The van der Waals surface area contributed by atoms with Crippen LogP contribution >= 0.6 is 0 Å². The van der Waals surface area contributed by atoms with Crippen molar-refractivity contribution in [3.63, 3.8) is 0 Å². The van der Waals surface area contributed by atoms with Crippen LogP contribution in [0.4, 0.5) is 35.9 Å². The number of nitro groups is 3. The van der Waals surface area contributed by atoms with Crippen molar-refractivity contribution in [1.82, 2.24) is 0 Å². The number of benzene rings is 3. The second kappa shape index (κ2) is 7.47. The third kappa shape index (κ3) is 3.75. The van der Waals surface area contributed by atoms with Gasteiger partial charge in [0.05, 0.1) is 43.4 Å². The van der Waals surface area contributed by atoms with E-state index in [-0.39, 0.29) is 39.3 Å². The molecule has 0 radical (unpaired) electrons. The molecule has 0 amide bonds. The van der Waals surface area contributed by atoms with E-state index in [0.29, 0.717) is 0 Å². The van der Waals surface area contributed by atoms with Crippen molar-refractivity contribution < 1.29 is 27.9 Å². The van der Waals surface area contributed by atoms with Gasteiger partial charge in [0, 0.05) is 29.3 Å². The molecule has 4 rings (SSSR count). The van der Waals surface area contributed by atoms with Gasteiger partial charge in [-0.2, -0.15) is 13.2 Å². The molecular formula is C20H9F3N4O6. The number of nitrogens with zero attached hydrogens (tertiary/aromatic N) is 4. The lowest BCUT2D eigenvalue weighted by atomic mass is 10.0. The Hall–Kier alpha value is -4.68. The third-order valence-electron chi connectivity index (χ3n) is 4.94. The third-order valence-corrected chi connectivity index (χ3v) is 4.94. The zero-order valence-corrected chi connectivity index (χ0v) is 16.1. The number of nitro benzene ring substituents is 3. The summed E-state index contributed by atoms with van der Waals surface area (Å²) in [6.45, 7) is 0. The van der Waals surface area contributed by atoms with Gasteiger partial charge in [-0.25, -0.2) is 4.99 Å². The molecule has 0 unspecified atom stereocenters. The Balaban J connectivity index is 2.01. The lowest BCUT2D eigenvalue weighted by Crippen LogP contribution is -2.04. The van der Waals surface area contributed by atoms with Crippen molar-refractivity contribution in [2.45, 2.75) is 6.18 Å². The molecule has 0 bridgehead atoms. The standard InChI is InChI=1S/C20H9F3N4O6/c21-20(22,23)10-1-3-11(4-2-10)24-19-15-7-12(25(28)29)5-6-14(15)18-16(19)8-13(26(30)31)9-17(18)27(32)33/h1-9H. The Morgan fingerprint density at radius 1 is 0.697 bits per heavy atom. The van der Waals surface area contributed by atoms with Crippen LogP contribution in [0.3, 0.4) is 0 Å². The second-order valence-electron chi connectivity index (χ2n) is 6.89. The maximum absolute atomic E-state index is 12.9. The molecular weight excluding hydrogens is 449 g/mol. The summed E-state index contributed by atoms with van der Waals surface area (Å²) < 4.78 is 38.6. The lowest BCUT2D eigenvalue weighted by Gasteiger charge is -2.07. The van der Waals surface area contributed by atoms with Gasteiger partial charge < -0.3 is 0 Å². The fraction of sp³-hybridized carbons (Fsp3) is 0.0500. The smallest absolute Gasteiger partial charge is 0.258 e. The average Bonchev–Trinajstić information content (AvgIpc) is 3.05. The molecule has 13 heteroatoms. The van der Waals surface area contributed by atoms with Crippen molar-refractivity contribution in [1.29, 1.82) is 0 Å². The van der Waals surface area contributed by atoms with E-state index in [9.17, 15) is 43.5 Å². The molecule has 1 aliphatic rings. The molecule has 0 saturated heterocycles. The monoisotopic (exact) mass is 458 g/mol. The highest BCUT2D eigenvalue weighted by Crippen LogP contribution is 2.46. The van der Waals surface area contributed by atoms with Gasteiger partial charge in [-0.05, 0) is 35.9 Å². The van der Waals surface area contributed by atoms with E-state index in [1.807, 2.05) is 0 Å². The number of aliphatic imine (C=N–C) groups is 1. The van der Waals surface area contributed by atoms with Gasteiger partial charge in [0.2, 0.25) is 0 Å². The van der Waals surface area contributed by atoms with Crippen LogP contribution in [0.25, 0.3) is 11.1 Å². The van der Waals surface area contributed by atoms with Gasteiger partial charge >= 0.3 is 6.18 Å². The summed E-state index contributed by atoms with van der Waals surface area (Å²) in [7, 11) is 0. The Bertz CT molecular complexity index is 1380. The maximum Gasteiger partial charge on any atom is 0.416 e. The zero-order valence-electron chi connectivity index (χ0n) is 16.1. The van der Waals surface area contributed by atoms with Gasteiger partial charge in [0.25, 0.3) is 17.1 Å². The summed E-state index contributed by atoms with van der Waals surface area (Å²) in [5, 5.41) is 34.2. The van der Waals surface area contributed by atoms with E-state index in [0.717, 1.165) is 48.5 Å². The number of fused-ring (bicyclic) bond motifs is 3. The van der Waals surface area contributed by atoms with Crippen LogP contribution in [0.1, 0.15) is 16.7 Å². The number of halogens is 3. The first-order chi connectivity index (χ1) is 15.5. The normalized spacial score (nSPS) is 13.5. The summed E-state index contributed by atoms with van der Waals surface area (Å²) in [6.07, 6.45) is -4.58. The predicted molar refractivity (Wildman–Crippen MR) is 109 cm³/mol. The first-order valence-electron chi connectivity index (χ1n) is 8.99. The van der Waals surface area contributed by atoms with Gasteiger partial charge in [0.1, 0.15) is 0 Å². The molecule has 166 valence electrons. The summed E-state index contributed by atoms with van der Waals surface area (Å²) in [6, 6.07) is 8.96. The molecule has 0 aromatic heterocycles. The molecule has 0 saturated carbocycles. The second-order valence-corrected chi connectivity index (χ2v) is 6.89. The molecule has 0 aliphatic heterocycles. The number of hydrogen-bond acceptors (Lipinski definition) is 7. The van der Waals surface area contributed by atoms with Crippen molar-refractivity contribution in [2.75, 3.05) is 0 Å². The molecule has 1 aliphatic carbocycles. The summed E-state index contributed by atoms with van der Waals surface area (Å²) in [4.78, 5) is 36.1. The molecule has 3 aromatic carbocycles. The largest absolute Gasteiger partial charge is 0.416 e. The first kappa shape index (κ1) is 21.5. The van der Waals surface area contributed by atoms with Crippen LogP contribution in [0.2, 0.25) is 0 Å². The molecule has 0 N–H and O–H groups in total. The van der Waals surface area contributed by atoms with Crippen LogP contribution in [0.15, 0.2) is 59.6 Å². The van der Waals surface area contributed by atoms with E-state index >= 15 is 0 Å². The average molecular weight is 458 g/mol. The van der Waals surface area contributed by atoms with E-state index in [2.05, 4.69) is 4.99 Å². The van der Waals surface area contributed by atoms with Crippen molar-refractivity contribution in [3.05, 3.63) is 102 Å². The molecule has 33 heavy (non-hydrogen) atoms. The minimum absolute atomic E-state index is 0.0115. The van der Waals surface area contributed by atoms with Gasteiger partial charge in [0.15, 0.2) is 0 Å². The minimum atomic E-state index is -4.58.